The third kappa shape index (κ3) is 3.08. The molecule has 1 aliphatic rings. The summed E-state index contributed by atoms with van der Waals surface area (Å²) in [7, 11) is 1.89. The van der Waals surface area contributed by atoms with E-state index in [0.29, 0.717) is 11.8 Å². The number of nitrogens with zero attached hydrogens (tertiary/aromatic N) is 3. The van der Waals surface area contributed by atoms with Gasteiger partial charge in [0, 0.05) is 25.5 Å². The summed E-state index contributed by atoms with van der Waals surface area (Å²) in [6.07, 6.45) is 9.81. The van der Waals surface area contributed by atoms with E-state index in [0.717, 1.165) is 24.2 Å². The fraction of sp³-hybridized carbons (Fsp3) is 0.529. The van der Waals surface area contributed by atoms with Crippen LogP contribution in [0.15, 0.2) is 24.5 Å². The van der Waals surface area contributed by atoms with Gasteiger partial charge in [-0.1, -0.05) is 19.3 Å². The number of fused-ring (bicyclic) bond motifs is 1. The molecule has 22 heavy (non-hydrogen) atoms. The summed E-state index contributed by atoms with van der Waals surface area (Å²) in [5.74, 6) is 0.693. The molecule has 0 aliphatic heterocycles. The number of carbonyl (C=O) groups is 1. The molecule has 2 heterocycles. The molecule has 0 atom stereocenters. The summed E-state index contributed by atoms with van der Waals surface area (Å²) in [6.45, 7) is 2.01. The number of hydrogen-bond donors (Lipinski definition) is 0. The van der Waals surface area contributed by atoms with Crippen LogP contribution < -0.4 is 4.74 Å². The summed E-state index contributed by atoms with van der Waals surface area (Å²) < 4.78 is 7.65. The molecule has 5 heteroatoms. The molecule has 0 bridgehead atoms. The van der Waals surface area contributed by atoms with Crippen molar-refractivity contribution in [2.75, 3.05) is 13.7 Å². The molecule has 0 radical (unpaired) electrons. The minimum absolute atomic E-state index is 0.0391. The fourth-order valence-corrected chi connectivity index (χ4v) is 3.14. The third-order valence-corrected chi connectivity index (χ3v) is 4.43. The van der Waals surface area contributed by atoms with E-state index in [2.05, 4.69) is 4.98 Å². The topological polar surface area (TPSA) is 46.8 Å². The van der Waals surface area contributed by atoms with Crippen molar-refractivity contribution in [3.63, 3.8) is 0 Å². The monoisotopic (exact) mass is 301 g/mol. The number of aryl methyl sites for hydroxylation is 1. The molecule has 0 unspecified atom stereocenters. The predicted octanol–water partition coefficient (Wildman–Crippen LogP) is 2.81. The molecule has 0 spiro atoms. The zero-order chi connectivity index (χ0) is 15.5. The Kier molecular flexibility index (Phi) is 4.32. The first kappa shape index (κ1) is 14.9. The second-order valence-corrected chi connectivity index (χ2v) is 6.07. The average molecular weight is 301 g/mol. The number of pyridine rings is 1. The SMILES string of the molecule is Cc1cn2cccc(OCC(=O)N(C)C3CCCCC3)c2n1. The Morgan fingerprint density at radius 2 is 2.18 bits per heavy atom. The van der Waals surface area contributed by atoms with Gasteiger partial charge in [0.05, 0.1) is 5.69 Å². The molecule has 0 aromatic carbocycles. The molecule has 3 rings (SSSR count). The van der Waals surface area contributed by atoms with Crippen LogP contribution in [0.5, 0.6) is 5.75 Å². The second-order valence-electron chi connectivity index (χ2n) is 6.07. The van der Waals surface area contributed by atoms with E-state index < -0.39 is 0 Å². The minimum Gasteiger partial charge on any atom is -0.480 e. The Morgan fingerprint density at radius 3 is 2.95 bits per heavy atom. The molecular formula is C17H23N3O2. The van der Waals surface area contributed by atoms with Crippen molar-refractivity contribution in [2.45, 2.75) is 45.1 Å². The van der Waals surface area contributed by atoms with Gasteiger partial charge in [-0.15, -0.1) is 0 Å². The van der Waals surface area contributed by atoms with E-state index >= 15 is 0 Å². The molecule has 118 valence electrons. The summed E-state index contributed by atoms with van der Waals surface area (Å²) in [4.78, 5) is 18.6. The molecule has 2 aromatic heterocycles. The van der Waals surface area contributed by atoms with E-state index in [4.69, 9.17) is 4.74 Å². The van der Waals surface area contributed by atoms with Crippen molar-refractivity contribution in [1.82, 2.24) is 14.3 Å². The maximum atomic E-state index is 12.3. The van der Waals surface area contributed by atoms with Gasteiger partial charge in [-0.3, -0.25) is 4.79 Å². The smallest absolute Gasteiger partial charge is 0.260 e. The van der Waals surface area contributed by atoms with Crippen molar-refractivity contribution < 1.29 is 9.53 Å². The zero-order valence-corrected chi connectivity index (χ0v) is 13.3. The molecule has 5 nitrogen and oxygen atoms in total. The molecule has 1 fully saturated rings. The van der Waals surface area contributed by atoms with Crippen LogP contribution in [0.4, 0.5) is 0 Å². The van der Waals surface area contributed by atoms with Gasteiger partial charge in [-0.2, -0.15) is 0 Å². The molecular weight excluding hydrogens is 278 g/mol. The highest BCUT2D eigenvalue weighted by atomic mass is 16.5. The number of amides is 1. The Hall–Kier alpha value is -2.04. The third-order valence-electron chi connectivity index (χ3n) is 4.43. The maximum Gasteiger partial charge on any atom is 0.260 e. The maximum absolute atomic E-state index is 12.3. The quantitative estimate of drug-likeness (QED) is 0.872. The molecule has 2 aromatic rings. The van der Waals surface area contributed by atoms with Crippen LogP contribution in [0.2, 0.25) is 0 Å². The first-order chi connectivity index (χ1) is 10.6. The number of hydrogen-bond acceptors (Lipinski definition) is 3. The van der Waals surface area contributed by atoms with Gasteiger partial charge in [0.25, 0.3) is 5.91 Å². The lowest BCUT2D eigenvalue weighted by Crippen LogP contribution is -2.40. The Morgan fingerprint density at radius 1 is 1.41 bits per heavy atom. The molecule has 1 saturated carbocycles. The summed E-state index contributed by atoms with van der Waals surface area (Å²) in [6, 6.07) is 4.13. The Labute approximate surface area is 130 Å². The van der Waals surface area contributed by atoms with E-state index in [9.17, 15) is 4.79 Å². The highest BCUT2D eigenvalue weighted by Gasteiger charge is 2.22. The number of carbonyl (C=O) groups excluding carboxylic acids is 1. The highest BCUT2D eigenvalue weighted by molar-refractivity contribution is 5.78. The number of likely N-dealkylation sites (N-methyl/N-ethyl adjacent to an activating group) is 1. The van der Waals surface area contributed by atoms with Gasteiger partial charge >= 0.3 is 0 Å². The standard InChI is InChI=1S/C17H23N3O2/c1-13-11-20-10-6-9-15(17(20)18-13)22-12-16(21)19(2)14-7-4-3-5-8-14/h6,9-11,14H,3-5,7-8,12H2,1-2H3. The lowest BCUT2D eigenvalue weighted by Gasteiger charge is -2.31. The van der Waals surface area contributed by atoms with Crippen molar-refractivity contribution in [2.24, 2.45) is 0 Å². The van der Waals surface area contributed by atoms with E-state index in [1.54, 1.807) is 0 Å². The number of aromatic nitrogens is 2. The molecule has 1 aliphatic carbocycles. The van der Waals surface area contributed by atoms with Crippen molar-refractivity contribution in [1.29, 1.82) is 0 Å². The van der Waals surface area contributed by atoms with Crippen LogP contribution in [0.25, 0.3) is 5.65 Å². The van der Waals surface area contributed by atoms with E-state index in [1.165, 1.54) is 19.3 Å². The number of rotatable bonds is 4. The van der Waals surface area contributed by atoms with Crippen molar-refractivity contribution >= 4 is 11.6 Å². The van der Waals surface area contributed by atoms with Gasteiger partial charge < -0.3 is 14.0 Å². The average Bonchev–Trinajstić information content (AvgIpc) is 2.93. The fourth-order valence-electron chi connectivity index (χ4n) is 3.14. The first-order valence-electron chi connectivity index (χ1n) is 7.98. The highest BCUT2D eigenvalue weighted by Crippen LogP contribution is 2.22. The normalized spacial score (nSPS) is 15.9. The summed E-state index contributed by atoms with van der Waals surface area (Å²) >= 11 is 0. The first-order valence-corrected chi connectivity index (χ1v) is 7.98. The van der Waals surface area contributed by atoms with Crippen LogP contribution in [0.3, 0.4) is 0 Å². The lowest BCUT2D eigenvalue weighted by molar-refractivity contribution is -0.134. The van der Waals surface area contributed by atoms with E-state index in [-0.39, 0.29) is 12.5 Å². The number of imidazole rings is 1. The minimum atomic E-state index is 0.0391. The van der Waals surface area contributed by atoms with Gasteiger partial charge in [-0.05, 0) is 31.9 Å². The largest absolute Gasteiger partial charge is 0.480 e. The van der Waals surface area contributed by atoms with Gasteiger partial charge in [0.1, 0.15) is 0 Å². The van der Waals surface area contributed by atoms with Gasteiger partial charge in [-0.25, -0.2) is 4.98 Å². The zero-order valence-electron chi connectivity index (χ0n) is 13.3. The predicted molar refractivity (Wildman–Crippen MR) is 85.1 cm³/mol. The summed E-state index contributed by atoms with van der Waals surface area (Å²) in [5, 5.41) is 0. The van der Waals surface area contributed by atoms with Gasteiger partial charge in [0.15, 0.2) is 18.0 Å². The van der Waals surface area contributed by atoms with Crippen molar-refractivity contribution in [3.8, 4) is 5.75 Å². The van der Waals surface area contributed by atoms with Crippen LogP contribution in [0, 0.1) is 6.92 Å². The van der Waals surface area contributed by atoms with Crippen LogP contribution >= 0.6 is 0 Å². The Balaban J connectivity index is 1.64. The molecule has 1 amide bonds. The second kappa shape index (κ2) is 6.38. The molecule has 0 saturated heterocycles. The lowest BCUT2D eigenvalue weighted by atomic mass is 9.94. The van der Waals surface area contributed by atoms with Gasteiger partial charge in [0.2, 0.25) is 0 Å². The molecule has 0 N–H and O–H groups in total. The summed E-state index contributed by atoms with van der Waals surface area (Å²) in [5.41, 5.74) is 1.69. The number of ether oxygens (including phenoxy) is 1. The van der Waals surface area contributed by atoms with Crippen molar-refractivity contribution in [3.05, 3.63) is 30.2 Å². The van der Waals surface area contributed by atoms with Crippen LogP contribution in [-0.4, -0.2) is 39.9 Å². The van der Waals surface area contributed by atoms with Crippen LogP contribution in [0.1, 0.15) is 37.8 Å². The van der Waals surface area contributed by atoms with Crippen LogP contribution in [-0.2, 0) is 4.79 Å². The Bertz CT molecular complexity index is 659. The van der Waals surface area contributed by atoms with E-state index in [1.807, 2.05) is 47.8 Å².